The van der Waals surface area contributed by atoms with E-state index in [2.05, 4.69) is 15.4 Å². The van der Waals surface area contributed by atoms with Gasteiger partial charge in [0.15, 0.2) is 6.10 Å². The molecular formula is C24H22N4O3. The molecule has 156 valence electrons. The Morgan fingerprint density at radius 3 is 2.45 bits per heavy atom. The van der Waals surface area contributed by atoms with Crippen LogP contribution in [0.15, 0.2) is 83.8 Å². The van der Waals surface area contributed by atoms with Crippen molar-refractivity contribution in [1.82, 2.24) is 20.1 Å². The van der Waals surface area contributed by atoms with E-state index in [1.807, 2.05) is 54.6 Å². The Labute approximate surface area is 179 Å². The number of carbonyl (C=O) groups excluding carboxylic acids is 1. The maximum atomic E-state index is 12.9. The molecule has 7 nitrogen and oxygen atoms in total. The molecule has 1 N–H and O–H groups in total. The fraction of sp³-hybridized carbons (Fsp3) is 0.167. The minimum absolute atomic E-state index is 0.171. The van der Waals surface area contributed by atoms with Crippen LogP contribution in [0.3, 0.4) is 0 Å². The van der Waals surface area contributed by atoms with Gasteiger partial charge in [0, 0.05) is 11.6 Å². The number of pyridine rings is 1. The molecule has 0 radical (unpaired) electrons. The molecule has 1 amide bonds. The van der Waals surface area contributed by atoms with Gasteiger partial charge in [0.05, 0.1) is 29.9 Å². The van der Waals surface area contributed by atoms with E-state index in [0.29, 0.717) is 22.2 Å². The van der Waals surface area contributed by atoms with Crippen LogP contribution < -0.4 is 15.6 Å². The topological polar surface area (TPSA) is 86.1 Å². The Hall–Kier alpha value is -4.00. The summed E-state index contributed by atoms with van der Waals surface area (Å²) in [6.45, 7) is 2.11. The number of ether oxygens (including phenoxy) is 1. The number of nitrogens with one attached hydrogen (secondary N) is 1. The lowest BCUT2D eigenvalue weighted by Crippen LogP contribution is -2.36. The van der Waals surface area contributed by atoms with Crippen LogP contribution in [0.1, 0.15) is 18.3 Å². The number of fused-ring (bicyclic) bond motifs is 1. The molecule has 0 saturated heterocycles. The molecule has 0 saturated carbocycles. The molecular weight excluding hydrogens is 392 g/mol. The highest BCUT2D eigenvalue weighted by atomic mass is 16.5. The van der Waals surface area contributed by atoms with Gasteiger partial charge < -0.3 is 10.1 Å². The maximum Gasteiger partial charge on any atom is 0.275 e. The molecule has 4 aromatic rings. The van der Waals surface area contributed by atoms with Crippen LogP contribution in [0.4, 0.5) is 0 Å². The Bertz CT molecular complexity index is 1240. The van der Waals surface area contributed by atoms with Crippen molar-refractivity contribution in [3.63, 3.8) is 0 Å². The number of hydrogen-bond acceptors (Lipinski definition) is 5. The quantitative estimate of drug-likeness (QED) is 0.503. The smallest absolute Gasteiger partial charge is 0.275 e. The first-order valence-corrected chi connectivity index (χ1v) is 10.00. The number of amides is 1. The molecule has 2 heterocycles. The Balaban J connectivity index is 1.56. The van der Waals surface area contributed by atoms with Crippen molar-refractivity contribution in [1.29, 1.82) is 0 Å². The van der Waals surface area contributed by atoms with Crippen molar-refractivity contribution in [2.45, 2.75) is 26.1 Å². The molecule has 0 aliphatic rings. The van der Waals surface area contributed by atoms with Gasteiger partial charge in [-0.1, -0.05) is 42.5 Å². The Kier molecular flexibility index (Phi) is 6.03. The van der Waals surface area contributed by atoms with E-state index in [1.165, 1.54) is 4.68 Å². The molecule has 31 heavy (non-hydrogen) atoms. The first-order chi connectivity index (χ1) is 15.1. The molecule has 0 bridgehead atoms. The SMILES string of the molecule is CC(Oc1ccccc1)C(=O)NCc1nn(Cc2ccccn2)c(=O)c2ccccc12. The first kappa shape index (κ1) is 20.3. The van der Waals surface area contributed by atoms with Crippen LogP contribution in [-0.2, 0) is 17.9 Å². The van der Waals surface area contributed by atoms with Gasteiger partial charge in [-0.05, 0) is 37.3 Å². The zero-order chi connectivity index (χ0) is 21.6. The van der Waals surface area contributed by atoms with Gasteiger partial charge >= 0.3 is 0 Å². The lowest BCUT2D eigenvalue weighted by molar-refractivity contribution is -0.127. The first-order valence-electron chi connectivity index (χ1n) is 10.00. The van der Waals surface area contributed by atoms with Crippen molar-refractivity contribution >= 4 is 16.7 Å². The van der Waals surface area contributed by atoms with Crippen LogP contribution in [0, 0.1) is 0 Å². The van der Waals surface area contributed by atoms with Crippen molar-refractivity contribution in [3.8, 4) is 5.75 Å². The molecule has 0 fully saturated rings. The Morgan fingerprint density at radius 1 is 1.00 bits per heavy atom. The number of carbonyl (C=O) groups is 1. The summed E-state index contributed by atoms with van der Waals surface area (Å²) in [5.74, 6) is 0.356. The normalized spacial score (nSPS) is 11.8. The summed E-state index contributed by atoms with van der Waals surface area (Å²) >= 11 is 0. The van der Waals surface area contributed by atoms with Gasteiger partial charge in [-0.25, -0.2) is 4.68 Å². The van der Waals surface area contributed by atoms with Crippen LogP contribution in [0.5, 0.6) is 5.75 Å². The molecule has 7 heteroatoms. The molecule has 4 rings (SSSR count). The molecule has 2 aromatic carbocycles. The average molecular weight is 414 g/mol. The summed E-state index contributed by atoms with van der Waals surface area (Å²) in [5, 5.41) is 8.64. The zero-order valence-electron chi connectivity index (χ0n) is 17.1. The predicted molar refractivity (Wildman–Crippen MR) is 118 cm³/mol. The largest absolute Gasteiger partial charge is 0.481 e. The van der Waals surface area contributed by atoms with E-state index in [9.17, 15) is 9.59 Å². The fourth-order valence-corrected chi connectivity index (χ4v) is 3.26. The van der Waals surface area contributed by atoms with Gasteiger partial charge in [0.2, 0.25) is 0 Å². The van der Waals surface area contributed by atoms with Crippen LogP contribution >= 0.6 is 0 Å². The zero-order valence-corrected chi connectivity index (χ0v) is 17.1. The van der Waals surface area contributed by atoms with Crippen LogP contribution in [-0.4, -0.2) is 26.8 Å². The molecule has 0 aliphatic heterocycles. The third-order valence-corrected chi connectivity index (χ3v) is 4.84. The second-order valence-corrected chi connectivity index (χ2v) is 7.07. The standard InChI is InChI=1S/C24H22N4O3/c1-17(31-19-10-3-2-4-11-19)23(29)26-15-22-20-12-5-6-13-21(20)24(30)28(27-22)16-18-9-7-8-14-25-18/h2-14,17H,15-16H2,1H3,(H,26,29). The Morgan fingerprint density at radius 2 is 1.71 bits per heavy atom. The van der Waals surface area contributed by atoms with E-state index < -0.39 is 6.10 Å². The number of nitrogens with zero attached hydrogens (tertiary/aromatic N) is 3. The third kappa shape index (κ3) is 4.78. The second-order valence-electron chi connectivity index (χ2n) is 7.07. The number of benzene rings is 2. The number of para-hydroxylation sites is 1. The lowest BCUT2D eigenvalue weighted by atomic mass is 10.1. The summed E-state index contributed by atoms with van der Waals surface area (Å²) in [6, 6.07) is 22.0. The number of hydrogen-bond donors (Lipinski definition) is 1. The van der Waals surface area contributed by atoms with E-state index in [0.717, 1.165) is 5.69 Å². The van der Waals surface area contributed by atoms with Gasteiger partial charge in [-0.2, -0.15) is 5.10 Å². The van der Waals surface area contributed by atoms with Gasteiger partial charge in [-0.15, -0.1) is 0 Å². The monoisotopic (exact) mass is 414 g/mol. The number of rotatable bonds is 7. The molecule has 1 atom stereocenters. The van der Waals surface area contributed by atoms with Crippen LogP contribution in [0.25, 0.3) is 10.8 Å². The van der Waals surface area contributed by atoms with E-state index >= 15 is 0 Å². The van der Waals surface area contributed by atoms with E-state index in [-0.39, 0.29) is 24.6 Å². The van der Waals surface area contributed by atoms with Crippen molar-refractivity contribution in [2.75, 3.05) is 0 Å². The highest BCUT2D eigenvalue weighted by Gasteiger charge is 2.16. The van der Waals surface area contributed by atoms with Crippen molar-refractivity contribution < 1.29 is 9.53 Å². The minimum Gasteiger partial charge on any atom is -0.481 e. The predicted octanol–water partition coefficient (Wildman–Crippen LogP) is 2.92. The average Bonchev–Trinajstić information content (AvgIpc) is 2.81. The van der Waals surface area contributed by atoms with Crippen molar-refractivity contribution in [3.05, 3.63) is 101 Å². The van der Waals surface area contributed by atoms with E-state index in [1.54, 1.807) is 31.3 Å². The van der Waals surface area contributed by atoms with Gasteiger partial charge in [-0.3, -0.25) is 14.6 Å². The lowest BCUT2D eigenvalue weighted by Gasteiger charge is -2.15. The maximum absolute atomic E-state index is 12.9. The summed E-state index contributed by atoms with van der Waals surface area (Å²) in [4.78, 5) is 29.7. The van der Waals surface area contributed by atoms with Crippen LogP contribution in [0.2, 0.25) is 0 Å². The van der Waals surface area contributed by atoms with Gasteiger partial charge in [0.1, 0.15) is 5.75 Å². The molecule has 2 aromatic heterocycles. The van der Waals surface area contributed by atoms with E-state index in [4.69, 9.17) is 4.74 Å². The molecule has 0 aliphatic carbocycles. The summed E-state index contributed by atoms with van der Waals surface area (Å²) in [5.41, 5.74) is 1.13. The molecule has 1 unspecified atom stereocenters. The van der Waals surface area contributed by atoms with Gasteiger partial charge in [0.25, 0.3) is 11.5 Å². The summed E-state index contributed by atoms with van der Waals surface area (Å²) in [6.07, 6.45) is 1.00. The molecule has 0 spiro atoms. The highest BCUT2D eigenvalue weighted by Crippen LogP contribution is 2.14. The summed E-state index contributed by atoms with van der Waals surface area (Å²) < 4.78 is 7.06. The van der Waals surface area contributed by atoms with Crippen molar-refractivity contribution in [2.24, 2.45) is 0 Å². The minimum atomic E-state index is -0.673. The second kappa shape index (κ2) is 9.21. The third-order valence-electron chi connectivity index (χ3n) is 4.84. The summed E-state index contributed by atoms with van der Waals surface area (Å²) in [7, 11) is 0. The fourth-order valence-electron chi connectivity index (χ4n) is 3.26. The highest BCUT2D eigenvalue weighted by molar-refractivity contribution is 5.85. The number of aromatic nitrogens is 3.